The molecular weight excluding hydrogens is 164 g/mol. The van der Waals surface area contributed by atoms with Gasteiger partial charge in [0.2, 0.25) is 0 Å². The molecule has 2 nitrogen and oxygen atoms in total. The maximum Gasteiger partial charge on any atom is 0.143 e. The molecule has 2 heteroatoms. The maximum atomic E-state index is 11.8. The van der Waals surface area contributed by atoms with Gasteiger partial charge in [0.25, 0.3) is 0 Å². The Morgan fingerprint density at radius 1 is 1.38 bits per heavy atom. The summed E-state index contributed by atoms with van der Waals surface area (Å²) in [5.74, 6) is -0.0315. The minimum absolute atomic E-state index is 0.176. The van der Waals surface area contributed by atoms with Gasteiger partial charge in [-0.2, -0.15) is 0 Å². The molecule has 1 saturated carbocycles. The molecule has 0 radical (unpaired) electrons. The molecule has 13 heavy (non-hydrogen) atoms. The van der Waals surface area contributed by atoms with E-state index >= 15 is 0 Å². The third-order valence-corrected chi connectivity index (χ3v) is 3.16. The Bertz CT molecular complexity index is 209. The molecule has 0 aromatic rings. The molecule has 0 bridgehead atoms. The molecule has 76 valence electrons. The fraction of sp³-hybridized carbons (Fsp3) is 0.909. The monoisotopic (exact) mass is 184 g/mol. The van der Waals surface area contributed by atoms with Crippen LogP contribution in [0.5, 0.6) is 0 Å². The van der Waals surface area contributed by atoms with Crippen molar-refractivity contribution in [2.24, 2.45) is 11.3 Å². The smallest absolute Gasteiger partial charge is 0.143 e. The molecule has 0 saturated heterocycles. The summed E-state index contributed by atoms with van der Waals surface area (Å²) in [5, 5.41) is 9.99. The molecule has 0 spiro atoms. The highest BCUT2D eigenvalue weighted by Gasteiger charge is 2.45. The van der Waals surface area contributed by atoms with Crippen molar-refractivity contribution in [2.75, 3.05) is 0 Å². The van der Waals surface area contributed by atoms with Crippen LogP contribution in [0.3, 0.4) is 0 Å². The van der Waals surface area contributed by atoms with E-state index in [-0.39, 0.29) is 17.1 Å². The number of hydrogen-bond donors (Lipinski definition) is 1. The van der Waals surface area contributed by atoms with Gasteiger partial charge in [-0.15, -0.1) is 0 Å². The molecule has 1 unspecified atom stereocenters. The van der Waals surface area contributed by atoms with Crippen LogP contribution in [-0.2, 0) is 4.79 Å². The number of aliphatic hydroxyl groups is 1. The van der Waals surface area contributed by atoms with Crippen LogP contribution in [-0.4, -0.2) is 16.5 Å². The molecule has 0 aromatic carbocycles. The summed E-state index contributed by atoms with van der Waals surface area (Å²) < 4.78 is 0. The molecule has 1 aliphatic carbocycles. The van der Waals surface area contributed by atoms with Crippen molar-refractivity contribution in [3.8, 4) is 0 Å². The largest absolute Gasteiger partial charge is 0.389 e. The lowest BCUT2D eigenvalue weighted by atomic mass is 9.66. The standard InChI is InChI=1S/C11H20O2/c1-8(9(12)10(2,3)4)11(13)6-5-7-11/h8,13H,5-7H2,1-4H3. The molecule has 1 N–H and O–H groups in total. The van der Waals surface area contributed by atoms with E-state index in [2.05, 4.69) is 0 Å². The van der Waals surface area contributed by atoms with Crippen molar-refractivity contribution in [3.63, 3.8) is 0 Å². The molecule has 1 atom stereocenters. The van der Waals surface area contributed by atoms with Gasteiger partial charge in [-0.1, -0.05) is 27.7 Å². The van der Waals surface area contributed by atoms with E-state index in [9.17, 15) is 9.90 Å². The number of rotatable bonds is 2. The summed E-state index contributed by atoms with van der Waals surface area (Å²) in [4.78, 5) is 11.8. The summed E-state index contributed by atoms with van der Waals surface area (Å²) in [6.45, 7) is 7.59. The third kappa shape index (κ3) is 1.93. The highest BCUT2D eigenvalue weighted by molar-refractivity contribution is 5.86. The van der Waals surface area contributed by atoms with Crippen molar-refractivity contribution in [3.05, 3.63) is 0 Å². The highest BCUT2D eigenvalue weighted by atomic mass is 16.3. The lowest BCUT2D eigenvalue weighted by Crippen LogP contribution is -2.49. The first kappa shape index (κ1) is 10.7. The van der Waals surface area contributed by atoms with Crippen molar-refractivity contribution in [2.45, 2.75) is 52.6 Å². The van der Waals surface area contributed by atoms with Crippen LogP contribution >= 0.6 is 0 Å². The average Bonchev–Trinajstić information content (AvgIpc) is 1.95. The molecule has 1 aliphatic rings. The minimum Gasteiger partial charge on any atom is -0.389 e. The van der Waals surface area contributed by atoms with Gasteiger partial charge >= 0.3 is 0 Å². The minimum atomic E-state index is -0.690. The summed E-state index contributed by atoms with van der Waals surface area (Å²) in [6.07, 6.45) is 2.63. The predicted octanol–water partition coefficient (Wildman–Crippen LogP) is 2.15. The van der Waals surface area contributed by atoms with E-state index in [1.54, 1.807) is 0 Å². The van der Waals surface area contributed by atoms with Crippen LogP contribution in [0.15, 0.2) is 0 Å². The molecule has 0 aromatic heterocycles. The van der Waals surface area contributed by atoms with Crippen molar-refractivity contribution < 1.29 is 9.90 Å². The maximum absolute atomic E-state index is 11.8. The molecule has 1 rings (SSSR count). The van der Waals surface area contributed by atoms with Crippen LogP contribution in [0.1, 0.15) is 47.0 Å². The zero-order chi connectivity index (χ0) is 10.3. The first-order valence-corrected chi connectivity index (χ1v) is 5.04. The zero-order valence-corrected chi connectivity index (χ0v) is 9.05. The molecule has 0 aliphatic heterocycles. The Balaban J connectivity index is 2.67. The van der Waals surface area contributed by atoms with Gasteiger partial charge in [-0.05, 0) is 19.3 Å². The van der Waals surface area contributed by atoms with E-state index < -0.39 is 5.60 Å². The molecule has 1 fully saturated rings. The Labute approximate surface area is 80.3 Å². The fourth-order valence-electron chi connectivity index (χ4n) is 1.87. The quantitative estimate of drug-likeness (QED) is 0.714. The van der Waals surface area contributed by atoms with Crippen LogP contribution in [0.4, 0.5) is 0 Å². The van der Waals surface area contributed by atoms with E-state index in [1.165, 1.54) is 0 Å². The Morgan fingerprint density at radius 2 is 1.85 bits per heavy atom. The Morgan fingerprint density at radius 3 is 2.08 bits per heavy atom. The van der Waals surface area contributed by atoms with Crippen LogP contribution in [0, 0.1) is 11.3 Å². The lowest BCUT2D eigenvalue weighted by molar-refractivity contribution is -0.146. The first-order chi connectivity index (χ1) is 5.77. The fourth-order valence-corrected chi connectivity index (χ4v) is 1.87. The summed E-state index contributed by atoms with van der Waals surface area (Å²) in [7, 11) is 0. The van der Waals surface area contributed by atoms with Crippen molar-refractivity contribution in [1.29, 1.82) is 0 Å². The lowest BCUT2D eigenvalue weighted by Gasteiger charge is -2.42. The second-order valence-corrected chi connectivity index (χ2v) is 5.29. The van der Waals surface area contributed by atoms with E-state index in [0.29, 0.717) is 0 Å². The number of carbonyl (C=O) groups excluding carboxylic acids is 1. The number of Topliss-reactive ketones (excluding diaryl/α,β-unsaturated/α-hetero) is 1. The SMILES string of the molecule is CC(C(=O)C(C)(C)C)C1(O)CCC1. The van der Waals surface area contributed by atoms with Crippen LogP contribution in [0.2, 0.25) is 0 Å². The van der Waals surface area contributed by atoms with Crippen molar-refractivity contribution >= 4 is 5.78 Å². The van der Waals surface area contributed by atoms with E-state index in [0.717, 1.165) is 19.3 Å². The van der Waals surface area contributed by atoms with Gasteiger partial charge < -0.3 is 5.11 Å². The van der Waals surface area contributed by atoms with Gasteiger partial charge in [0.1, 0.15) is 5.78 Å². The van der Waals surface area contributed by atoms with Gasteiger partial charge in [-0.25, -0.2) is 0 Å². The number of ketones is 1. The van der Waals surface area contributed by atoms with Gasteiger partial charge in [0.15, 0.2) is 0 Å². The van der Waals surface area contributed by atoms with Gasteiger partial charge in [0.05, 0.1) is 5.60 Å². The predicted molar refractivity (Wildman–Crippen MR) is 52.4 cm³/mol. The highest BCUT2D eigenvalue weighted by Crippen LogP contribution is 2.40. The summed E-state index contributed by atoms with van der Waals surface area (Å²) >= 11 is 0. The van der Waals surface area contributed by atoms with Crippen molar-refractivity contribution in [1.82, 2.24) is 0 Å². The summed E-state index contributed by atoms with van der Waals surface area (Å²) in [5.41, 5.74) is -1.02. The third-order valence-electron chi connectivity index (χ3n) is 3.16. The second-order valence-electron chi connectivity index (χ2n) is 5.29. The second kappa shape index (κ2) is 3.09. The average molecular weight is 184 g/mol. The van der Waals surface area contributed by atoms with E-state index in [1.807, 2.05) is 27.7 Å². The Hall–Kier alpha value is -0.370. The van der Waals surface area contributed by atoms with Crippen LogP contribution < -0.4 is 0 Å². The van der Waals surface area contributed by atoms with Crippen LogP contribution in [0.25, 0.3) is 0 Å². The van der Waals surface area contributed by atoms with Gasteiger partial charge in [-0.3, -0.25) is 4.79 Å². The topological polar surface area (TPSA) is 37.3 Å². The number of carbonyl (C=O) groups is 1. The molecular formula is C11H20O2. The van der Waals surface area contributed by atoms with E-state index in [4.69, 9.17) is 0 Å². The number of hydrogen-bond acceptors (Lipinski definition) is 2. The zero-order valence-electron chi connectivity index (χ0n) is 9.05. The van der Waals surface area contributed by atoms with Gasteiger partial charge in [0, 0.05) is 11.3 Å². The normalized spacial score (nSPS) is 23.5. The molecule has 0 heterocycles. The summed E-state index contributed by atoms with van der Waals surface area (Å²) in [6, 6.07) is 0. The first-order valence-electron chi connectivity index (χ1n) is 5.04. The Kier molecular flexibility index (Phi) is 2.54. The molecule has 0 amide bonds.